The number of carboxylic acid groups (broad SMARTS) is 1. The number of hydrogen-bond donors (Lipinski definition) is 1. The molecular weight excluding hydrogens is 182 g/mol. The molecule has 0 heterocycles. The molecule has 0 radical (unpaired) electrons. The van der Waals surface area contributed by atoms with Crippen LogP contribution in [-0.4, -0.2) is 23.0 Å². The molecule has 0 aromatic rings. The standard InChI is InChI=1S/C6H7NO6/c1-6(2,3-7)11-5(10)13-12-4(8)9/h1-2H3,(H,8,9). The van der Waals surface area contributed by atoms with Gasteiger partial charge in [-0.2, -0.15) is 14.9 Å². The van der Waals surface area contributed by atoms with E-state index in [1.807, 2.05) is 0 Å². The molecule has 1 N–H and O–H groups in total. The highest BCUT2D eigenvalue weighted by Gasteiger charge is 2.24. The van der Waals surface area contributed by atoms with Gasteiger partial charge in [0.05, 0.1) is 0 Å². The molecule has 0 saturated carbocycles. The van der Waals surface area contributed by atoms with E-state index < -0.39 is 17.9 Å². The van der Waals surface area contributed by atoms with Crippen LogP contribution >= 0.6 is 0 Å². The van der Waals surface area contributed by atoms with E-state index in [0.717, 1.165) is 0 Å². The molecule has 0 atom stereocenters. The van der Waals surface area contributed by atoms with Crippen molar-refractivity contribution in [1.29, 1.82) is 5.26 Å². The minimum absolute atomic E-state index is 1.30. The molecule has 0 fully saturated rings. The predicted octanol–water partition coefficient (Wildman–Crippen LogP) is 1.05. The van der Waals surface area contributed by atoms with Crippen LogP contribution in [0.3, 0.4) is 0 Å². The van der Waals surface area contributed by atoms with E-state index in [9.17, 15) is 9.59 Å². The fourth-order valence-electron chi connectivity index (χ4n) is 0.318. The highest BCUT2D eigenvalue weighted by atomic mass is 17.3. The average molecular weight is 189 g/mol. The van der Waals surface area contributed by atoms with Crippen molar-refractivity contribution in [1.82, 2.24) is 0 Å². The first-order valence-corrected chi connectivity index (χ1v) is 3.09. The Hall–Kier alpha value is -1.97. The number of nitrogens with zero attached hydrogens (tertiary/aromatic N) is 1. The first-order chi connectivity index (χ1) is 5.87. The van der Waals surface area contributed by atoms with Gasteiger partial charge in [0.1, 0.15) is 6.07 Å². The fourth-order valence-corrected chi connectivity index (χ4v) is 0.318. The zero-order valence-electron chi connectivity index (χ0n) is 6.94. The molecule has 0 amide bonds. The summed E-state index contributed by atoms with van der Waals surface area (Å²) in [6.07, 6.45) is -3.18. The Bertz CT molecular complexity index is 252. The van der Waals surface area contributed by atoms with Crippen LogP contribution in [0.5, 0.6) is 0 Å². The maximum atomic E-state index is 10.5. The third kappa shape index (κ3) is 5.32. The van der Waals surface area contributed by atoms with Crippen LogP contribution in [-0.2, 0) is 14.5 Å². The van der Waals surface area contributed by atoms with Crippen LogP contribution in [0.4, 0.5) is 9.59 Å². The van der Waals surface area contributed by atoms with E-state index in [0.29, 0.717) is 0 Å². The molecule has 0 rings (SSSR count). The van der Waals surface area contributed by atoms with Crippen LogP contribution in [0.25, 0.3) is 0 Å². The second kappa shape index (κ2) is 4.15. The maximum Gasteiger partial charge on any atom is 0.551 e. The van der Waals surface area contributed by atoms with Gasteiger partial charge < -0.3 is 9.84 Å². The zero-order chi connectivity index (χ0) is 10.5. The van der Waals surface area contributed by atoms with Gasteiger partial charge in [-0.25, -0.2) is 9.68 Å². The molecule has 0 saturated heterocycles. The zero-order valence-corrected chi connectivity index (χ0v) is 6.94. The highest BCUT2D eigenvalue weighted by molar-refractivity contribution is 5.63. The Morgan fingerprint density at radius 2 is 1.92 bits per heavy atom. The largest absolute Gasteiger partial charge is 0.551 e. The van der Waals surface area contributed by atoms with Crippen molar-refractivity contribution in [3.63, 3.8) is 0 Å². The molecule has 72 valence electrons. The predicted molar refractivity (Wildman–Crippen MR) is 36.4 cm³/mol. The summed E-state index contributed by atoms with van der Waals surface area (Å²) in [4.78, 5) is 27.3. The number of carbonyl (C=O) groups excluding carboxylic acids is 1. The van der Waals surface area contributed by atoms with Crippen molar-refractivity contribution >= 4 is 12.3 Å². The minimum Gasteiger partial charge on any atom is -0.447 e. The Morgan fingerprint density at radius 3 is 2.31 bits per heavy atom. The van der Waals surface area contributed by atoms with Gasteiger partial charge in [0.15, 0.2) is 5.60 Å². The molecule has 0 aromatic carbocycles. The molecule has 0 aliphatic carbocycles. The monoisotopic (exact) mass is 189 g/mol. The maximum absolute atomic E-state index is 10.5. The lowest BCUT2D eigenvalue weighted by Gasteiger charge is -2.13. The average Bonchev–Trinajstić information content (AvgIpc) is 2.00. The normalized spacial score (nSPS) is 9.62. The van der Waals surface area contributed by atoms with E-state index in [-0.39, 0.29) is 0 Å². The Balaban J connectivity index is 3.90. The van der Waals surface area contributed by atoms with Gasteiger partial charge in [0, 0.05) is 0 Å². The van der Waals surface area contributed by atoms with Crippen LogP contribution < -0.4 is 0 Å². The van der Waals surface area contributed by atoms with E-state index in [1.165, 1.54) is 13.8 Å². The van der Waals surface area contributed by atoms with Gasteiger partial charge in [0.2, 0.25) is 0 Å². The topological polar surface area (TPSA) is 106 Å². The molecule has 7 heteroatoms. The highest BCUT2D eigenvalue weighted by Crippen LogP contribution is 2.08. The lowest BCUT2D eigenvalue weighted by atomic mass is 10.2. The molecule has 7 nitrogen and oxygen atoms in total. The van der Waals surface area contributed by atoms with E-state index in [4.69, 9.17) is 10.4 Å². The summed E-state index contributed by atoms with van der Waals surface area (Å²) in [6, 6.07) is 1.63. The van der Waals surface area contributed by atoms with Gasteiger partial charge >= 0.3 is 12.3 Å². The number of ether oxygens (including phenoxy) is 1. The van der Waals surface area contributed by atoms with Crippen molar-refractivity contribution in [2.75, 3.05) is 0 Å². The van der Waals surface area contributed by atoms with Crippen molar-refractivity contribution in [2.24, 2.45) is 0 Å². The second-order valence-corrected chi connectivity index (χ2v) is 2.41. The molecule has 0 bridgehead atoms. The SMILES string of the molecule is CC(C)(C#N)OC(=O)OOC(=O)O. The van der Waals surface area contributed by atoms with Gasteiger partial charge in [-0.3, -0.25) is 0 Å². The van der Waals surface area contributed by atoms with Crippen molar-refractivity contribution in [3.8, 4) is 6.07 Å². The molecular formula is C6H7NO6. The Labute approximate surface area is 73.3 Å². The van der Waals surface area contributed by atoms with Crippen molar-refractivity contribution in [2.45, 2.75) is 19.4 Å². The summed E-state index contributed by atoms with van der Waals surface area (Å²) in [5.41, 5.74) is -1.39. The first kappa shape index (κ1) is 11.0. The fraction of sp³-hybridized carbons (Fsp3) is 0.500. The molecule has 0 aromatic heterocycles. The molecule has 0 unspecified atom stereocenters. The summed E-state index contributed by atoms with van der Waals surface area (Å²) >= 11 is 0. The van der Waals surface area contributed by atoms with Gasteiger partial charge in [-0.15, -0.1) is 0 Å². The van der Waals surface area contributed by atoms with Crippen LogP contribution in [0.2, 0.25) is 0 Å². The lowest BCUT2D eigenvalue weighted by molar-refractivity contribution is -0.219. The van der Waals surface area contributed by atoms with Crippen LogP contribution in [0.1, 0.15) is 13.8 Å². The minimum atomic E-state index is -1.79. The number of nitriles is 1. The van der Waals surface area contributed by atoms with Gasteiger partial charge in [0.25, 0.3) is 0 Å². The van der Waals surface area contributed by atoms with Crippen LogP contribution in [0, 0.1) is 11.3 Å². The third-order valence-corrected chi connectivity index (χ3v) is 0.789. The quantitative estimate of drug-likeness (QED) is 0.373. The van der Waals surface area contributed by atoms with Gasteiger partial charge in [-0.1, -0.05) is 0 Å². The molecule has 0 aliphatic rings. The van der Waals surface area contributed by atoms with Crippen molar-refractivity contribution < 1.29 is 29.2 Å². The van der Waals surface area contributed by atoms with E-state index >= 15 is 0 Å². The summed E-state index contributed by atoms with van der Waals surface area (Å²) in [5, 5.41) is 16.3. The summed E-state index contributed by atoms with van der Waals surface area (Å²) in [7, 11) is 0. The number of carbonyl (C=O) groups is 2. The Morgan fingerprint density at radius 1 is 1.38 bits per heavy atom. The third-order valence-electron chi connectivity index (χ3n) is 0.789. The van der Waals surface area contributed by atoms with Crippen molar-refractivity contribution in [3.05, 3.63) is 0 Å². The number of rotatable bonds is 1. The molecule has 0 aliphatic heterocycles. The summed E-state index contributed by atoms with van der Waals surface area (Å²) in [6.45, 7) is 2.60. The Kier molecular flexibility index (Phi) is 3.53. The van der Waals surface area contributed by atoms with E-state index in [2.05, 4.69) is 14.5 Å². The first-order valence-electron chi connectivity index (χ1n) is 3.09. The summed E-state index contributed by atoms with van der Waals surface area (Å²) < 4.78 is 4.33. The van der Waals surface area contributed by atoms with E-state index in [1.54, 1.807) is 6.07 Å². The van der Waals surface area contributed by atoms with Gasteiger partial charge in [-0.05, 0) is 13.8 Å². The smallest absolute Gasteiger partial charge is 0.447 e. The lowest BCUT2D eigenvalue weighted by Crippen LogP contribution is -2.26. The second-order valence-electron chi connectivity index (χ2n) is 2.41. The summed E-state index contributed by atoms with van der Waals surface area (Å²) in [5.74, 6) is 0. The number of hydrogen-bond acceptors (Lipinski definition) is 6. The van der Waals surface area contributed by atoms with Crippen LogP contribution in [0.15, 0.2) is 0 Å². The molecule has 13 heavy (non-hydrogen) atoms. The molecule has 0 spiro atoms.